The maximum absolute atomic E-state index is 11.0. The molecule has 0 radical (unpaired) electrons. The zero-order valence-corrected chi connectivity index (χ0v) is 8.72. The Kier molecular flexibility index (Phi) is 7.63. The van der Waals surface area contributed by atoms with E-state index < -0.39 is 0 Å². The Bertz CT molecular complexity index is 138. The van der Waals surface area contributed by atoms with Crippen LogP contribution in [0.4, 0.5) is 0 Å². The summed E-state index contributed by atoms with van der Waals surface area (Å²) in [7, 11) is 1.83. The van der Waals surface area contributed by atoms with Gasteiger partial charge < -0.3 is 15.4 Å². The van der Waals surface area contributed by atoms with E-state index in [0.29, 0.717) is 19.6 Å². The van der Waals surface area contributed by atoms with Crippen molar-refractivity contribution in [1.82, 2.24) is 10.6 Å². The van der Waals surface area contributed by atoms with Crippen LogP contribution in [0.2, 0.25) is 0 Å². The molecule has 2 N–H and O–H groups in total. The van der Waals surface area contributed by atoms with Crippen LogP contribution in [0, 0.1) is 0 Å². The fourth-order valence-corrected chi connectivity index (χ4v) is 0.812. The average molecular weight is 188 g/mol. The van der Waals surface area contributed by atoms with Gasteiger partial charge in [-0.25, -0.2) is 0 Å². The van der Waals surface area contributed by atoms with Gasteiger partial charge in [-0.05, 0) is 20.9 Å². The van der Waals surface area contributed by atoms with Crippen LogP contribution in [0.1, 0.15) is 20.3 Å². The molecule has 0 aromatic heterocycles. The topological polar surface area (TPSA) is 50.4 Å². The molecular formula is C9H20N2O2. The lowest BCUT2D eigenvalue weighted by Crippen LogP contribution is -2.30. The quantitative estimate of drug-likeness (QED) is 0.559. The Morgan fingerprint density at radius 3 is 2.62 bits per heavy atom. The van der Waals surface area contributed by atoms with Gasteiger partial charge in [0, 0.05) is 19.5 Å². The van der Waals surface area contributed by atoms with Gasteiger partial charge in [0.15, 0.2) is 0 Å². The van der Waals surface area contributed by atoms with Crippen LogP contribution in [0.5, 0.6) is 0 Å². The number of rotatable bonds is 7. The molecule has 0 spiro atoms. The maximum atomic E-state index is 11.0. The van der Waals surface area contributed by atoms with Gasteiger partial charge in [-0.15, -0.1) is 0 Å². The molecule has 0 bridgehead atoms. The van der Waals surface area contributed by atoms with Gasteiger partial charge in [0.2, 0.25) is 5.91 Å². The molecule has 0 heterocycles. The van der Waals surface area contributed by atoms with E-state index in [1.54, 1.807) is 0 Å². The highest BCUT2D eigenvalue weighted by atomic mass is 16.5. The molecule has 0 saturated carbocycles. The molecule has 0 fully saturated rings. The first-order valence-corrected chi connectivity index (χ1v) is 4.69. The second-order valence-electron chi connectivity index (χ2n) is 3.12. The van der Waals surface area contributed by atoms with Crippen LogP contribution in [-0.4, -0.2) is 38.8 Å². The summed E-state index contributed by atoms with van der Waals surface area (Å²) in [6.07, 6.45) is 0.757. The van der Waals surface area contributed by atoms with Crippen molar-refractivity contribution in [2.75, 3.05) is 26.7 Å². The fourth-order valence-electron chi connectivity index (χ4n) is 0.812. The van der Waals surface area contributed by atoms with Crippen molar-refractivity contribution in [3.05, 3.63) is 0 Å². The summed E-state index contributed by atoms with van der Waals surface area (Å²) < 4.78 is 5.27. The van der Waals surface area contributed by atoms with Gasteiger partial charge in [-0.2, -0.15) is 0 Å². The Morgan fingerprint density at radius 1 is 1.38 bits per heavy atom. The minimum Gasteiger partial charge on any atom is -0.377 e. The van der Waals surface area contributed by atoms with Crippen molar-refractivity contribution in [2.24, 2.45) is 0 Å². The highest BCUT2D eigenvalue weighted by molar-refractivity contribution is 5.75. The molecule has 4 heteroatoms. The second kappa shape index (κ2) is 8.01. The Hall–Kier alpha value is -0.610. The van der Waals surface area contributed by atoms with E-state index in [-0.39, 0.29) is 12.0 Å². The van der Waals surface area contributed by atoms with E-state index in [4.69, 9.17) is 4.74 Å². The summed E-state index contributed by atoms with van der Waals surface area (Å²) in [6.45, 7) is 5.85. The molecule has 0 atom stereocenters. The van der Waals surface area contributed by atoms with Crippen molar-refractivity contribution in [1.29, 1.82) is 0 Å². The summed E-state index contributed by atoms with van der Waals surface area (Å²) in [5.41, 5.74) is 0. The molecule has 0 unspecified atom stereocenters. The van der Waals surface area contributed by atoms with Crippen molar-refractivity contribution in [2.45, 2.75) is 26.4 Å². The third-order valence-electron chi connectivity index (χ3n) is 1.48. The zero-order chi connectivity index (χ0) is 10.1. The van der Waals surface area contributed by atoms with Crippen LogP contribution in [0.3, 0.4) is 0 Å². The molecule has 1 amide bonds. The number of hydrogen-bond acceptors (Lipinski definition) is 3. The lowest BCUT2D eigenvalue weighted by Gasteiger charge is -2.08. The summed E-state index contributed by atoms with van der Waals surface area (Å²) >= 11 is 0. The molecule has 0 aliphatic heterocycles. The van der Waals surface area contributed by atoms with E-state index in [1.807, 2.05) is 20.9 Å². The van der Waals surface area contributed by atoms with Crippen LogP contribution in [0.25, 0.3) is 0 Å². The van der Waals surface area contributed by atoms with E-state index in [2.05, 4.69) is 10.6 Å². The molecular weight excluding hydrogens is 168 g/mol. The molecule has 0 aromatic carbocycles. The van der Waals surface area contributed by atoms with Crippen molar-refractivity contribution in [3.8, 4) is 0 Å². The second-order valence-corrected chi connectivity index (χ2v) is 3.12. The predicted octanol–water partition coefficient (Wildman–Crippen LogP) is 0.137. The Labute approximate surface area is 80.0 Å². The van der Waals surface area contributed by atoms with Crippen molar-refractivity contribution in [3.63, 3.8) is 0 Å². The number of hydrogen-bond donors (Lipinski definition) is 2. The molecule has 0 aliphatic carbocycles. The molecule has 13 heavy (non-hydrogen) atoms. The van der Waals surface area contributed by atoms with Gasteiger partial charge in [-0.1, -0.05) is 0 Å². The van der Waals surface area contributed by atoms with Gasteiger partial charge in [0.1, 0.15) is 0 Å². The number of amides is 1. The van der Waals surface area contributed by atoms with Gasteiger partial charge in [0.25, 0.3) is 0 Å². The van der Waals surface area contributed by atoms with Gasteiger partial charge >= 0.3 is 0 Å². The average Bonchev–Trinajstić information content (AvgIpc) is 2.08. The fraction of sp³-hybridized carbons (Fsp3) is 0.889. The lowest BCUT2D eigenvalue weighted by atomic mass is 10.4. The maximum Gasteiger partial charge on any atom is 0.221 e. The largest absolute Gasteiger partial charge is 0.377 e. The Balaban J connectivity index is 3.17. The van der Waals surface area contributed by atoms with Crippen molar-refractivity contribution < 1.29 is 9.53 Å². The molecule has 0 aliphatic rings. The first-order valence-electron chi connectivity index (χ1n) is 4.69. The standard InChI is InChI=1S/C9H20N2O2/c1-8(2)13-7-6-11-9(12)4-5-10-3/h8,10H,4-7H2,1-3H3,(H,11,12). The SMILES string of the molecule is CNCCC(=O)NCCOC(C)C. The van der Waals surface area contributed by atoms with Gasteiger partial charge in [0.05, 0.1) is 12.7 Å². The molecule has 0 aromatic rings. The third-order valence-corrected chi connectivity index (χ3v) is 1.48. The first-order chi connectivity index (χ1) is 6.16. The lowest BCUT2D eigenvalue weighted by molar-refractivity contribution is -0.121. The molecule has 0 rings (SSSR count). The Morgan fingerprint density at radius 2 is 2.08 bits per heavy atom. The minimum atomic E-state index is 0.0710. The van der Waals surface area contributed by atoms with Crippen LogP contribution >= 0.6 is 0 Å². The predicted molar refractivity (Wildman–Crippen MR) is 52.6 cm³/mol. The van der Waals surface area contributed by atoms with Crippen LogP contribution in [-0.2, 0) is 9.53 Å². The highest BCUT2D eigenvalue weighted by Gasteiger charge is 1.99. The molecule has 0 saturated heterocycles. The van der Waals surface area contributed by atoms with Crippen LogP contribution in [0.15, 0.2) is 0 Å². The smallest absolute Gasteiger partial charge is 0.221 e. The first kappa shape index (κ1) is 12.4. The monoisotopic (exact) mass is 188 g/mol. The molecule has 4 nitrogen and oxygen atoms in total. The molecule has 78 valence electrons. The number of carbonyl (C=O) groups excluding carboxylic acids is 1. The summed E-state index contributed by atoms with van der Waals surface area (Å²) in [6, 6.07) is 0. The number of carbonyl (C=O) groups is 1. The highest BCUT2D eigenvalue weighted by Crippen LogP contribution is 1.85. The summed E-state index contributed by atoms with van der Waals surface area (Å²) in [5, 5.41) is 5.68. The van der Waals surface area contributed by atoms with E-state index >= 15 is 0 Å². The normalized spacial score (nSPS) is 10.5. The van der Waals surface area contributed by atoms with Crippen molar-refractivity contribution >= 4 is 5.91 Å². The van der Waals surface area contributed by atoms with E-state index in [0.717, 1.165) is 6.54 Å². The summed E-state index contributed by atoms with van der Waals surface area (Å²) in [4.78, 5) is 11.0. The van der Waals surface area contributed by atoms with E-state index in [9.17, 15) is 4.79 Å². The van der Waals surface area contributed by atoms with Crippen LogP contribution < -0.4 is 10.6 Å². The number of ether oxygens (including phenoxy) is 1. The minimum absolute atomic E-state index is 0.0710. The summed E-state index contributed by atoms with van der Waals surface area (Å²) in [5.74, 6) is 0.0710. The zero-order valence-electron chi connectivity index (χ0n) is 8.72. The van der Waals surface area contributed by atoms with Gasteiger partial charge in [-0.3, -0.25) is 4.79 Å². The van der Waals surface area contributed by atoms with E-state index in [1.165, 1.54) is 0 Å². The number of nitrogens with one attached hydrogen (secondary N) is 2. The third kappa shape index (κ3) is 9.30.